The Morgan fingerprint density at radius 1 is 1.11 bits per heavy atom. The van der Waals surface area contributed by atoms with Crippen molar-refractivity contribution in [2.24, 2.45) is 0 Å². The number of rotatable bonds is 3. The number of carbonyl (C=O) groups excluding carboxylic acids is 1. The maximum absolute atomic E-state index is 12.0. The van der Waals surface area contributed by atoms with Gasteiger partial charge >= 0.3 is 0 Å². The largest absolute Gasteiger partial charge is 0.335 e. The third-order valence-electron chi connectivity index (χ3n) is 2.76. The standard InChI is InChI=1S/C15H11N3O/c19-14(6-5-11-7-9-16-10-8-11)15-17-12-3-1-2-4-13(12)18-15/h1-10H,(H,17,18). The molecule has 0 unspecified atom stereocenters. The van der Waals surface area contributed by atoms with Crippen LogP contribution in [0.15, 0.2) is 54.9 Å². The zero-order chi connectivity index (χ0) is 13.1. The fourth-order valence-electron chi connectivity index (χ4n) is 1.79. The molecule has 2 heterocycles. The van der Waals surface area contributed by atoms with Gasteiger partial charge in [0.1, 0.15) is 0 Å². The van der Waals surface area contributed by atoms with Crippen molar-refractivity contribution in [2.75, 3.05) is 0 Å². The Morgan fingerprint density at radius 2 is 1.89 bits per heavy atom. The Balaban J connectivity index is 1.86. The molecular formula is C15H11N3O. The van der Waals surface area contributed by atoms with Gasteiger partial charge in [-0.3, -0.25) is 9.78 Å². The molecule has 0 amide bonds. The lowest BCUT2D eigenvalue weighted by atomic mass is 10.2. The van der Waals surface area contributed by atoms with Gasteiger partial charge in [0.25, 0.3) is 0 Å². The maximum Gasteiger partial charge on any atom is 0.221 e. The van der Waals surface area contributed by atoms with E-state index < -0.39 is 0 Å². The van der Waals surface area contributed by atoms with Crippen molar-refractivity contribution in [2.45, 2.75) is 0 Å². The molecule has 2 aromatic heterocycles. The molecule has 0 saturated carbocycles. The van der Waals surface area contributed by atoms with Gasteiger partial charge in [-0.2, -0.15) is 0 Å². The van der Waals surface area contributed by atoms with E-state index in [2.05, 4.69) is 15.0 Å². The molecule has 4 nitrogen and oxygen atoms in total. The van der Waals surface area contributed by atoms with Crippen molar-refractivity contribution in [1.29, 1.82) is 0 Å². The summed E-state index contributed by atoms with van der Waals surface area (Å²) in [6.07, 6.45) is 6.63. The molecule has 0 aliphatic carbocycles. The highest BCUT2D eigenvalue weighted by atomic mass is 16.1. The molecule has 0 spiro atoms. The number of aromatic amines is 1. The number of benzene rings is 1. The average molecular weight is 249 g/mol. The van der Waals surface area contributed by atoms with E-state index in [4.69, 9.17) is 0 Å². The number of allylic oxidation sites excluding steroid dienone is 1. The van der Waals surface area contributed by atoms with Crippen LogP contribution in [0, 0.1) is 0 Å². The lowest BCUT2D eigenvalue weighted by Gasteiger charge is -1.90. The quantitative estimate of drug-likeness (QED) is 0.573. The number of nitrogens with zero attached hydrogens (tertiary/aromatic N) is 2. The molecule has 0 radical (unpaired) electrons. The normalized spacial score (nSPS) is 11.2. The first-order valence-electron chi connectivity index (χ1n) is 5.90. The van der Waals surface area contributed by atoms with Crippen LogP contribution < -0.4 is 0 Å². The first-order valence-corrected chi connectivity index (χ1v) is 5.90. The maximum atomic E-state index is 12.0. The topological polar surface area (TPSA) is 58.6 Å². The summed E-state index contributed by atoms with van der Waals surface area (Å²) in [5.74, 6) is 0.208. The van der Waals surface area contributed by atoms with E-state index in [0.717, 1.165) is 16.6 Å². The summed E-state index contributed by atoms with van der Waals surface area (Å²) in [6, 6.07) is 11.2. The molecule has 92 valence electrons. The average Bonchev–Trinajstić information content (AvgIpc) is 2.90. The Hall–Kier alpha value is -2.75. The van der Waals surface area contributed by atoms with E-state index >= 15 is 0 Å². The van der Waals surface area contributed by atoms with Crippen molar-refractivity contribution < 1.29 is 4.79 Å². The monoisotopic (exact) mass is 249 g/mol. The number of carbonyl (C=O) groups is 1. The predicted octanol–water partition coefficient (Wildman–Crippen LogP) is 2.85. The number of aromatic nitrogens is 3. The molecule has 1 N–H and O–H groups in total. The minimum absolute atomic E-state index is 0.145. The third-order valence-corrected chi connectivity index (χ3v) is 2.76. The van der Waals surface area contributed by atoms with Crippen molar-refractivity contribution in [3.63, 3.8) is 0 Å². The second-order valence-electron chi connectivity index (χ2n) is 4.08. The van der Waals surface area contributed by atoms with E-state index in [9.17, 15) is 4.79 Å². The molecule has 1 aromatic carbocycles. The van der Waals surface area contributed by atoms with Gasteiger partial charge in [-0.25, -0.2) is 4.98 Å². The second kappa shape index (κ2) is 4.86. The number of hydrogen-bond acceptors (Lipinski definition) is 3. The van der Waals surface area contributed by atoms with Gasteiger partial charge in [-0.1, -0.05) is 18.2 Å². The van der Waals surface area contributed by atoms with Crippen LogP contribution in [-0.4, -0.2) is 20.7 Å². The van der Waals surface area contributed by atoms with Gasteiger partial charge in [-0.15, -0.1) is 0 Å². The molecule has 0 atom stereocenters. The summed E-state index contributed by atoms with van der Waals surface area (Å²) in [7, 11) is 0. The molecular weight excluding hydrogens is 238 g/mol. The van der Waals surface area contributed by atoms with Gasteiger partial charge in [-0.05, 0) is 35.9 Å². The van der Waals surface area contributed by atoms with Crippen molar-refractivity contribution in [1.82, 2.24) is 15.0 Å². The van der Waals surface area contributed by atoms with Crippen LogP contribution in [-0.2, 0) is 0 Å². The minimum Gasteiger partial charge on any atom is -0.335 e. The molecule has 0 aliphatic heterocycles. The van der Waals surface area contributed by atoms with Crippen LogP contribution in [0.2, 0.25) is 0 Å². The summed E-state index contributed by atoms with van der Waals surface area (Å²) < 4.78 is 0. The van der Waals surface area contributed by atoms with E-state index in [1.807, 2.05) is 36.4 Å². The number of para-hydroxylation sites is 2. The first-order chi connectivity index (χ1) is 9.33. The Morgan fingerprint density at radius 3 is 2.68 bits per heavy atom. The summed E-state index contributed by atoms with van der Waals surface area (Å²) in [4.78, 5) is 23.2. The Bertz CT molecular complexity index is 711. The Kier molecular flexibility index (Phi) is 2.90. The van der Waals surface area contributed by atoms with Crippen LogP contribution >= 0.6 is 0 Å². The fourth-order valence-corrected chi connectivity index (χ4v) is 1.79. The molecule has 4 heteroatoms. The zero-order valence-electron chi connectivity index (χ0n) is 10.1. The number of imidazole rings is 1. The number of pyridine rings is 1. The third kappa shape index (κ3) is 2.42. The minimum atomic E-state index is -0.145. The summed E-state index contributed by atoms with van der Waals surface area (Å²) in [5.41, 5.74) is 2.59. The highest BCUT2D eigenvalue weighted by Crippen LogP contribution is 2.11. The van der Waals surface area contributed by atoms with Crippen molar-refractivity contribution in [3.8, 4) is 0 Å². The van der Waals surface area contributed by atoms with Crippen molar-refractivity contribution >= 4 is 22.9 Å². The smallest absolute Gasteiger partial charge is 0.221 e. The molecule has 3 rings (SSSR count). The van der Waals surface area contributed by atoms with E-state index in [1.165, 1.54) is 6.08 Å². The summed E-state index contributed by atoms with van der Waals surface area (Å²) in [6.45, 7) is 0. The number of H-pyrrole nitrogens is 1. The van der Waals surface area contributed by atoms with Gasteiger partial charge in [0.15, 0.2) is 5.82 Å². The van der Waals surface area contributed by atoms with Gasteiger partial charge in [0.05, 0.1) is 11.0 Å². The van der Waals surface area contributed by atoms with Crippen LogP contribution in [0.1, 0.15) is 16.2 Å². The molecule has 19 heavy (non-hydrogen) atoms. The van der Waals surface area contributed by atoms with Gasteiger partial charge in [0, 0.05) is 12.4 Å². The fraction of sp³-hybridized carbons (Fsp3) is 0. The Labute approximate surface area is 109 Å². The molecule has 0 saturated heterocycles. The number of ketones is 1. The molecule has 0 bridgehead atoms. The van der Waals surface area contributed by atoms with Crippen LogP contribution in [0.3, 0.4) is 0 Å². The van der Waals surface area contributed by atoms with Crippen LogP contribution in [0.25, 0.3) is 17.1 Å². The van der Waals surface area contributed by atoms with Crippen molar-refractivity contribution in [3.05, 3.63) is 66.3 Å². The summed E-state index contributed by atoms with van der Waals surface area (Å²) >= 11 is 0. The van der Waals surface area contributed by atoms with Crippen LogP contribution in [0.5, 0.6) is 0 Å². The lowest BCUT2D eigenvalue weighted by molar-refractivity contribution is 0.103. The first kappa shape index (κ1) is 11.3. The molecule has 0 aliphatic rings. The SMILES string of the molecule is O=C(C=Cc1ccncc1)c1nc2ccccc2[nH]1. The second-order valence-corrected chi connectivity index (χ2v) is 4.08. The van der Waals surface area contributed by atoms with E-state index in [-0.39, 0.29) is 5.78 Å². The van der Waals surface area contributed by atoms with Gasteiger partial charge < -0.3 is 4.98 Å². The number of hydrogen-bond donors (Lipinski definition) is 1. The predicted molar refractivity (Wildman–Crippen MR) is 73.7 cm³/mol. The molecule has 3 aromatic rings. The van der Waals surface area contributed by atoms with Crippen LogP contribution in [0.4, 0.5) is 0 Å². The zero-order valence-corrected chi connectivity index (χ0v) is 10.1. The summed E-state index contributed by atoms with van der Waals surface area (Å²) in [5, 5.41) is 0. The molecule has 0 fully saturated rings. The van der Waals surface area contributed by atoms with E-state index in [0.29, 0.717) is 5.82 Å². The number of nitrogens with one attached hydrogen (secondary N) is 1. The number of fused-ring (bicyclic) bond motifs is 1. The highest BCUT2D eigenvalue weighted by molar-refractivity contribution is 6.05. The van der Waals surface area contributed by atoms with E-state index in [1.54, 1.807) is 18.5 Å². The highest BCUT2D eigenvalue weighted by Gasteiger charge is 2.07. The van der Waals surface area contributed by atoms with Gasteiger partial charge in [0.2, 0.25) is 5.78 Å². The lowest BCUT2D eigenvalue weighted by Crippen LogP contribution is -1.96.